The van der Waals surface area contributed by atoms with Crippen LogP contribution in [-0.2, 0) is 4.74 Å². The van der Waals surface area contributed by atoms with E-state index in [0.29, 0.717) is 0 Å². The molecule has 0 unspecified atom stereocenters. The number of aromatic amines is 1. The first-order valence-electron chi connectivity index (χ1n) is 5.01. The van der Waals surface area contributed by atoms with Crippen LogP contribution < -0.4 is 11.2 Å². The van der Waals surface area contributed by atoms with Crippen LogP contribution >= 0.6 is 0 Å². The molecule has 2 heterocycles. The highest BCUT2D eigenvalue weighted by Crippen LogP contribution is 2.27. The number of nitrogens with one attached hydrogen (secondary N) is 1. The summed E-state index contributed by atoms with van der Waals surface area (Å²) in [6.07, 6.45) is -1.46. The number of hydrogen-bond acceptors (Lipinski definition) is 6. The zero-order chi connectivity index (χ0) is 12.6. The Morgan fingerprint density at radius 1 is 1.53 bits per heavy atom. The van der Waals surface area contributed by atoms with Gasteiger partial charge in [0, 0.05) is 6.42 Å². The highest BCUT2D eigenvalue weighted by molar-refractivity contribution is 5.09. The molecule has 1 aliphatic heterocycles. The lowest BCUT2D eigenvalue weighted by molar-refractivity contribution is -0.0460. The van der Waals surface area contributed by atoms with Crippen LogP contribution in [0.5, 0.6) is 5.75 Å². The van der Waals surface area contributed by atoms with Crippen LogP contribution in [0.4, 0.5) is 0 Å². The Bertz CT molecular complexity index is 521. The third kappa shape index (κ3) is 2.09. The maximum Gasteiger partial charge on any atom is 0.330 e. The Kier molecular flexibility index (Phi) is 3.01. The lowest BCUT2D eigenvalue weighted by Crippen LogP contribution is -2.32. The zero-order valence-electron chi connectivity index (χ0n) is 8.74. The Morgan fingerprint density at radius 2 is 2.24 bits per heavy atom. The largest absolute Gasteiger partial charge is 0.502 e. The minimum absolute atomic E-state index is 0.0939. The number of hydrogen-bond donors (Lipinski definition) is 4. The molecule has 3 atom stereocenters. The van der Waals surface area contributed by atoms with E-state index in [2.05, 4.69) is 0 Å². The van der Waals surface area contributed by atoms with Crippen molar-refractivity contribution in [1.82, 2.24) is 9.55 Å². The Labute approximate surface area is 94.7 Å². The highest BCUT2D eigenvalue weighted by atomic mass is 16.5. The molecule has 0 radical (unpaired) electrons. The molecule has 0 spiro atoms. The monoisotopic (exact) mass is 244 g/mol. The van der Waals surface area contributed by atoms with Crippen molar-refractivity contribution >= 4 is 0 Å². The van der Waals surface area contributed by atoms with E-state index in [0.717, 1.165) is 10.8 Å². The van der Waals surface area contributed by atoms with Crippen LogP contribution in [-0.4, -0.2) is 43.7 Å². The van der Waals surface area contributed by atoms with Crippen LogP contribution in [0.3, 0.4) is 0 Å². The number of ether oxygens (including phenoxy) is 1. The highest BCUT2D eigenvalue weighted by Gasteiger charge is 2.35. The quantitative estimate of drug-likeness (QED) is 0.471. The van der Waals surface area contributed by atoms with E-state index in [1.807, 2.05) is 4.98 Å². The van der Waals surface area contributed by atoms with E-state index in [1.165, 1.54) is 0 Å². The fourth-order valence-electron chi connectivity index (χ4n) is 1.74. The van der Waals surface area contributed by atoms with Crippen molar-refractivity contribution < 1.29 is 20.1 Å². The minimum atomic E-state index is -0.897. The second kappa shape index (κ2) is 4.32. The summed E-state index contributed by atoms with van der Waals surface area (Å²) in [6.45, 7) is -0.373. The van der Waals surface area contributed by atoms with Gasteiger partial charge in [-0.1, -0.05) is 0 Å². The third-order valence-electron chi connectivity index (χ3n) is 2.64. The summed E-state index contributed by atoms with van der Waals surface area (Å²) in [6, 6.07) is 0. The van der Waals surface area contributed by atoms with E-state index >= 15 is 0 Å². The third-order valence-corrected chi connectivity index (χ3v) is 2.64. The Morgan fingerprint density at radius 3 is 2.82 bits per heavy atom. The van der Waals surface area contributed by atoms with Gasteiger partial charge < -0.3 is 20.1 Å². The van der Waals surface area contributed by atoms with Gasteiger partial charge in [-0.05, 0) is 0 Å². The molecule has 4 N–H and O–H groups in total. The van der Waals surface area contributed by atoms with Gasteiger partial charge in [-0.3, -0.25) is 14.3 Å². The van der Waals surface area contributed by atoms with Crippen molar-refractivity contribution in [3.05, 3.63) is 27.0 Å². The number of nitrogens with zero attached hydrogens (tertiary/aromatic N) is 1. The molecule has 17 heavy (non-hydrogen) atoms. The Hall–Kier alpha value is -1.64. The summed E-state index contributed by atoms with van der Waals surface area (Å²) in [5.41, 5.74) is -1.63. The van der Waals surface area contributed by atoms with Gasteiger partial charge in [-0.25, -0.2) is 4.79 Å². The summed E-state index contributed by atoms with van der Waals surface area (Å²) >= 11 is 0. The molecule has 8 nitrogen and oxygen atoms in total. The maximum atomic E-state index is 11.5. The lowest BCUT2D eigenvalue weighted by Gasteiger charge is -2.14. The molecule has 1 aromatic heterocycles. The van der Waals surface area contributed by atoms with Crippen molar-refractivity contribution in [3.63, 3.8) is 0 Å². The summed E-state index contributed by atoms with van der Waals surface area (Å²) in [5.74, 6) is -0.616. The normalized spacial score (nSPS) is 28.5. The van der Waals surface area contributed by atoms with Gasteiger partial charge in [-0.15, -0.1) is 0 Å². The number of H-pyrrole nitrogens is 1. The predicted octanol–water partition coefficient (Wildman–Crippen LogP) is -2.12. The van der Waals surface area contributed by atoms with E-state index in [4.69, 9.17) is 9.84 Å². The topological polar surface area (TPSA) is 125 Å². The predicted molar refractivity (Wildman–Crippen MR) is 54.6 cm³/mol. The van der Waals surface area contributed by atoms with Crippen LogP contribution in [0, 0.1) is 0 Å². The molecular weight excluding hydrogens is 232 g/mol. The number of aromatic nitrogens is 2. The molecule has 0 amide bonds. The second-order valence-corrected chi connectivity index (χ2v) is 3.80. The summed E-state index contributed by atoms with van der Waals surface area (Å²) in [4.78, 5) is 24.3. The standard InChI is InChI=1S/C9H12N2O6/c12-3-6-4(13)1-7(17-6)11-2-5(14)8(15)10-9(11)16/h2,4,6-7,12-14H,1,3H2,(H,10,15,16)/t4-,6+,7+/m1/s1. The SMILES string of the molecule is O=c1[nH]c(=O)n([C@@H]2C[C@@H](O)[C@H](CO)O2)cc1O. The molecular formula is C9H12N2O6. The van der Waals surface area contributed by atoms with Crippen LogP contribution in [0.15, 0.2) is 15.8 Å². The summed E-state index contributed by atoms with van der Waals surface area (Å²) in [7, 11) is 0. The number of aliphatic hydroxyl groups excluding tert-OH is 2. The van der Waals surface area contributed by atoms with E-state index in [-0.39, 0.29) is 13.0 Å². The molecule has 1 aromatic rings. The van der Waals surface area contributed by atoms with Gasteiger partial charge in [0.2, 0.25) is 0 Å². The van der Waals surface area contributed by atoms with Gasteiger partial charge in [-0.2, -0.15) is 0 Å². The van der Waals surface area contributed by atoms with Crippen LogP contribution in [0.1, 0.15) is 12.6 Å². The Balaban J connectivity index is 2.34. The van der Waals surface area contributed by atoms with Crippen molar-refractivity contribution in [1.29, 1.82) is 0 Å². The first kappa shape index (κ1) is 11.8. The van der Waals surface area contributed by atoms with Gasteiger partial charge in [0.15, 0.2) is 5.75 Å². The van der Waals surface area contributed by atoms with Crippen molar-refractivity contribution in [2.75, 3.05) is 6.61 Å². The molecule has 0 aliphatic carbocycles. The van der Waals surface area contributed by atoms with E-state index in [1.54, 1.807) is 0 Å². The molecule has 0 saturated carbocycles. The van der Waals surface area contributed by atoms with Gasteiger partial charge in [0.1, 0.15) is 12.3 Å². The summed E-state index contributed by atoms with van der Waals surface area (Å²) in [5, 5.41) is 27.6. The first-order chi connectivity index (χ1) is 8.02. The van der Waals surface area contributed by atoms with E-state index in [9.17, 15) is 19.8 Å². The van der Waals surface area contributed by atoms with Crippen molar-refractivity contribution in [3.8, 4) is 5.75 Å². The molecule has 8 heteroatoms. The lowest BCUT2D eigenvalue weighted by atomic mass is 10.2. The molecule has 0 aromatic carbocycles. The molecule has 94 valence electrons. The van der Waals surface area contributed by atoms with Crippen LogP contribution in [0.2, 0.25) is 0 Å². The molecule has 1 saturated heterocycles. The smallest absolute Gasteiger partial charge is 0.330 e. The maximum absolute atomic E-state index is 11.5. The molecule has 1 fully saturated rings. The van der Waals surface area contributed by atoms with Gasteiger partial charge >= 0.3 is 5.69 Å². The summed E-state index contributed by atoms with van der Waals surface area (Å²) < 4.78 is 6.18. The number of rotatable bonds is 2. The number of aromatic hydroxyl groups is 1. The van der Waals surface area contributed by atoms with Gasteiger partial charge in [0.25, 0.3) is 5.56 Å². The zero-order valence-corrected chi connectivity index (χ0v) is 8.74. The fourth-order valence-corrected chi connectivity index (χ4v) is 1.74. The second-order valence-electron chi connectivity index (χ2n) is 3.80. The minimum Gasteiger partial charge on any atom is -0.502 e. The van der Waals surface area contributed by atoms with Crippen molar-refractivity contribution in [2.45, 2.75) is 24.9 Å². The van der Waals surface area contributed by atoms with E-state index < -0.39 is 35.4 Å². The number of aliphatic hydroxyl groups is 2. The fraction of sp³-hybridized carbons (Fsp3) is 0.556. The average molecular weight is 244 g/mol. The van der Waals surface area contributed by atoms with Crippen LogP contribution in [0.25, 0.3) is 0 Å². The molecule has 0 bridgehead atoms. The van der Waals surface area contributed by atoms with Crippen molar-refractivity contribution in [2.24, 2.45) is 0 Å². The van der Waals surface area contributed by atoms with Gasteiger partial charge in [0.05, 0.1) is 18.9 Å². The molecule has 1 aliphatic rings. The average Bonchev–Trinajstić information content (AvgIpc) is 2.65. The molecule has 2 rings (SSSR count). The first-order valence-corrected chi connectivity index (χ1v) is 5.01.